The molecule has 1 aromatic rings. The maximum Gasteiger partial charge on any atom is 0.320 e. The SMILES string of the molecule is CC(C(=O)O)N(C)Cc1nncn1C. The van der Waals surface area contributed by atoms with Crippen molar-refractivity contribution in [2.24, 2.45) is 7.05 Å². The van der Waals surface area contributed by atoms with Gasteiger partial charge in [0.25, 0.3) is 0 Å². The third-order valence-corrected chi connectivity index (χ3v) is 2.21. The Labute approximate surface area is 82.2 Å². The fourth-order valence-corrected chi connectivity index (χ4v) is 0.999. The molecule has 0 aliphatic carbocycles. The summed E-state index contributed by atoms with van der Waals surface area (Å²) in [5, 5.41) is 16.4. The van der Waals surface area contributed by atoms with E-state index in [1.165, 1.54) is 0 Å². The highest BCUT2D eigenvalue weighted by Crippen LogP contribution is 2.02. The van der Waals surface area contributed by atoms with Crippen LogP contribution in [0.1, 0.15) is 12.7 Å². The van der Waals surface area contributed by atoms with Crippen molar-refractivity contribution in [2.45, 2.75) is 19.5 Å². The van der Waals surface area contributed by atoms with Gasteiger partial charge in [0, 0.05) is 7.05 Å². The van der Waals surface area contributed by atoms with Gasteiger partial charge >= 0.3 is 5.97 Å². The largest absolute Gasteiger partial charge is 0.480 e. The summed E-state index contributed by atoms with van der Waals surface area (Å²) in [6.45, 7) is 2.11. The van der Waals surface area contributed by atoms with Crippen LogP contribution in [0.15, 0.2) is 6.33 Å². The number of aryl methyl sites for hydroxylation is 1. The van der Waals surface area contributed by atoms with Crippen molar-refractivity contribution in [1.82, 2.24) is 19.7 Å². The van der Waals surface area contributed by atoms with Crippen LogP contribution in [0.5, 0.6) is 0 Å². The lowest BCUT2D eigenvalue weighted by atomic mass is 10.3. The number of carboxylic acid groups (broad SMARTS) is 1. The van der Waals surface area contributed by atoms with Crippen LogP contribution < -0.4 is 0 Å². The van der Waals surface area contributed by atoms with Crippen LogP contribution in [0.25, 0.3) is 0 Å². The van der Waals surface area contributed by atoms with E-state index in [2.05, 4.69) is 10.2 Å². The second kappa shape index (κ2) is 4.19. The Bertz CT molecular complexity index is 323. The van der Waals surface area contributed by atoms with Crippen molar-refractivity contribution in [1.29, 1.82) is 0 Å². The molecule has 0 fully saturated rings. The smallest absolute Gasteiger partial charge is 0.320 e. The Morgan fingerprint density at radius 2 is 2.43 bits per heavy atom. The highest BCUT2D eigenvalue weighted by Gasteiger charge is 2.18. The number of hydrogen-bond donors (Lipinski definition) is 1. The van der Waals surface area contributed by atoms with Gasteiger partial charge in [-0.25, -0.2) is 0 Å². The summed E-state index contributed by atoms with van der Waals surface area (Å²) >= 11 is 0. The van der Waals surface area contributed by atoms with E-state index in [0.29, 0.717) is 6.54 Å². The molecule has 1 N–H and O–H groups in total. The van der Waals surface area contributed by atoms with Gasteiger partial charge in [-0.3, -0.25) is 9.69 Å². The van der Waals surface area contributed by atoms with Crippen molar-refractivity contribution in [2.75, 3.05) is 7.05 Å². The molecule has 78 valence electrons. The summed E-state index contributed by atoms with van der Waals surface area (Å²) in [6, 6.07) is -0.522. The average molecular weight is 198 g/mol. The molecule has 0 amide bonds. The van der Waals surface area contributed by atoms with Gasteiger partial charge in [0.15, 0.2) is 0 Å². The molecule has 0 saturated carbocycles. The fourth-order valence-electron chi connectivity index (χ4n) is 0.999. The lowest BCUT2D eigenvalue weighted by Gasteiger charge is -2.19. The van der Waals surface area contributed by atoms with Gasteiger partial charge in [0.2, 0.25) is 0 Å². The third kappa shape index (κ3) is 2.29. The van der Waals surface area contributed by atoms with Gasteiger partial charge in [-0.15, -0.1) is 10.2 Å². The Hall–Kier alpha value is -1.43. The Kier molecular flexibility index (Phi) is 3.19. The van der Waals surface area contributed by atoms with E-state index in [0.717, 1.165) is 5.82 Å². The second-order valence-corrected chi connectivity index (χ2v) is 3.29. The first-order chi connectivity index (χ1) is 6.52. The number of aromatic nitrogens is 3. The van der Waals surface area contributed by atoms with Crippen LogP contribution in [0.2, 0.25) is 0 Å². The van der Waals surface area contributed by atoms with Crippen LogP contribution in [-0.2, 0) is 18.4 Å². The predicted octanol–water partition coefficient (Wildman–Crippen LogP) is -0.280. The zero-order valence-electron chi connectivity index (χ0n) is 8.51. The highest BCUT2D eigenvalue weighted by atomic mass is 16.4. The van der Waals surface area contributed by atoms with E-state index in [1.54, 1.807) is 29.8 Å². The molecule has 1 heterocycles. The molecule has 0 aromatic carbocycles. The Morgan fingerprint density at radius 1 is 1.79 bits per heavy atom. The minimum absolute atomic E-state index is 0.476. The number of carbonyl (C=O) groups is 1. The van der Waals surface area contributed by atoms with Crippen LogP contribution in [-0.4, -0.2) is 43.8 Å². The Balaban J connectivity index is 2.61. The van der Waals surface area contributed by atoms with Crippen LogP contribution in [0.4, 0.5) is 0 Å². The average Bonchev–Trinajstić information content (AvgIpc) is 2.50. The van der Waals surface area contributed by atoms with E-state index in [9.17, 15) is 4.79 Å². The number of aliphatic carboxylic acids is 1. The van der Waals surface area contributed by atoms with E-state index < -0.39 is 12.0 Å². The number of hydrogen-bond acceptors (Lipinski definition) is 4. The molecule has 6 nitrogen and oxygen atoms in total. The summed E-state index contributed by atoms with van der Waals surface area (Å²) in [5.74, 6) is -0.0877. The van der Waals surface area contributed by atoms with Gasteiger partial charge in [-0.05, 0) is 14.0 Å². The molecule has 1 aromatic heterocycles. The van der Waals surface area contributed by atoms with Crippen molar-refractivity contribution in [3.05, 3.63) is 12.2 Å². The molecular weight excluding hydrogens is 184 g/mol. The monoisotopic (exact) mass is 198 g/mol. The topological polar surface area (TPSA) is 71.2 Å². The number of nitrogens with zero attached hydrogens (tertiary/aromatic N) is 4. The molecule has 1 unspecified atom stereocenters. The molecule has 6 heteroatoms. The second-order valence-electron chi connectivity index (χ2n) is 3.29. The lowest BCUT2D eigenvalue weighted by molar-refractivity contribution is -0.142. The first kappa shape index (κ1) is 10.6. The molecule has 1 rings (SSSR count). The third-order valence-electron chi connectivity index (χ3n) is 2.21. The van der Waals surface area contributed by atoms with E-state index in [1.807, 2.05) is 7.05 Å². The minimum atomic E-state index is -0.838. The summed E-state index contributed by atoms with van der Waals surface area (Å²) in [5.41, 5.74) is 0. The molecule has 0 bridgehead atoms. The molecular formula is C8H14N4O2. The van der Waals surface area contributed by atoms with Gasteiger partial charge in [-0.1, -0.05) is 0 Å². The molecule has 0 saturated heterocycles. The molecule has 0 radical (unpaired) electrons. The number of likely N-dealkylation sites (N-methyl/N-ethyl adjacent to an activating group) is 1. The van der Waals surface area contributed by atoms with Gasteiger partial charge < -0.3 is 9.67 Å². The van der Waals surface area contributed by atoms with Crippen LogP contribution in [0.3, 0.4) is 0 Å². The molecule has 0 aliphatic heterocycles. The normalized spacial score (nSPS) is 13.1. The predicted molar refractivity (Wildman–Crippen MR) is 49.6 cm³/mol. The summed E-state index contributed by atoms with van der Waals surface area (Å²) < 4.78 is 1.77. The number of rotatable bonds is 4. The Morgan fingerprint density at radius 3 is 2.86 bits per heavy atom. The summed E-state index contributed by atoms with van der Waals surface area (Å²) in [4.78, 5) is 12.4. The minimum Gasteiger partial charge on any atom is -0.480 e. The van der Waals surface area contributed by atoms with E-state index in [-0.39, 0.29) is 0 Å². The van der Waals surface area contributed by atoms with Gasteiger partial charge in [0.05, 0.1) is 6.54 Å². The molecule has 1 atom stereocenters. The van der Waals surface area contributed by atoms with E-state index in [4.69, 9.17) is 5.11 Å². The molecule has 14 heavy (non-hydrogen) atoms. The van der Waals surface area contributed by atoms with Crippen molar-refractivity contribution >= 4 is 5.97 Å². The zero-order valence-corrected chi connectivity index (χ0v) is 8.51. The molecule has 0 aliphatic rings. The highest BCUT2D eigenvalue weighted by molar-refractivity contribution is 5.72. The van der Waals surface area contributed by atoms with Gasteiger partial charge in [-0.2, -0.15) is 0 Å². The van der Waals surface area contributed by atoms with Crippen molar-refractivity contribution in [3.63, 3.8) is 0 Å². The maximum absolute atomic E-state index is 10.7. The quantitative estimate of drug-likeness (QED) is 0.720. The van der Waals surface area contributed by atoms with Gasteiger partial charge in [0.1, 0.15) is 18.2 Å². The van der Waals surface area contributed by atoms with Crippen LogP contribution >= 0.6 is 0 Å². The van der Waals surface area contributed by atoms with Crippen LogP contribution in [0, 0.1) is 0 Å². The first-order valence-electron chi connectivity index (χ1n) is 4.28. The van der Waals surface area contributed by atoms with Crippen molar-refractivity contribution < 1.29 is 9.90 Å². The zero-order chi connectivity index (χ0) is 10.7. The fraction of sp³-hybridized carbons (Fsp3) is 0.625. The van der Waals surface area contributed by atoms with Crippen molar-refractivity contribution in [3.8, 4) is 0 Å². The lowest BCUT2D eigenvalue weighted by Crippen LogP contribution is -2.35. The summed E-state index contributed by atoms with van der Waals surface area (Å²) in [6.07, 6.45) is 1.59. The maximum atomic E-state index is 10.7. The standard InChI is InChI=1S/C8H14N4O2/c1-6(8(13)14)11(2)4-7-10-9-5-12(7)3/h5-6H,4H2,1-3H3,(H,13,14). The molecule has 0 spiro atoms. The van der Waals surface area contributed by atoms with E-state index >= 15 is 0 Å². The first-order valence-corrected chi connectivity index (χ1v) is 4.28. The summed E-state index contributed by atoms with van der Waals surface area (Å²) in [7, 11) is 3.57. The number of carboxylic acids is 1.